The topological polar surface area (TPSA) is 52.6 Å². The van der Waals surface area contributed by atoms with Crippen molar-refractivity contribution in [3.8, 4) is 0 Å². The van der Waals surface area contributed by atoms with Gasteiger partial charge in [0.1, 0.15) is 10.4 Å². The highest BCUT2D eigenvalue weighted by Gasteiger charge is 2.76. The Kier molecular flexibility index (Phi) is 6.91. The van der Waals surface area contributed by atoms with Crippen molar-refractivity contribution in [2.75, 3.05) is 6.61 Å². The van der Waals surface area contributed by atoms with Crippen LogP contribution in [0.2, 0.25) is 0 Å². The van der Waals surface area contributed by atoms with E-state index in [1.54, 1.807) is 13.8 Å². The Balaban J connectivity index is 1.36. The minimum Gasteiger partial charge on any atom is -0.465 e. The molecule has 0 saturated heterocycles. The molecule has 0 aromatic carbocycles. The second kappa shape index (κ2) is 9.27. The molecule has 0 amide bonds. The van der Waals surface area contributed by atoms with Gasteiger partial charge in [-0.2, -0.15) is 0 Å². The van der Waals surface area contributed by atoms with Gasteiger partial charge in [0, 0.05) is 30.1 Å². The molecule has 4 nitrogen and oxygen atoms in total. The molecule has 0 aromatic heterocycles. The van der Waals surface area contributed by atoms with E-state index in [2.05, 4.69) is 41.5 Å². The average molecular weight is 610 g/mol. The lowest BCUT2D eigenvalue weighted by molar-refractivity contribution is -0.253. The summed E-state index contributed by atoms with van der Waals surface area (Å²) in [7, 11) is 0. The Labute approximate surface area is 258 Å². The second-order valence-electron chi connectivity index (χ2n) is 17.2. The van der Waals surface area contributed by atoms with Crippen LogP contribution in [0.5, 0.6) is 0 Å². The summed E-state index contributed by atoms with van der Waals surface area (Å²) in [6.45, 7) is 18.6. The fourth-order valence-corrected chi connectivity index (χ4v) is 14.0. The van der Waals surface area contributed by atoms with Crippen LogP contribution in [0.4, 0.5) is 0 Å². The van der Waals surface area contributed by atoms with Gasteiger partial charge in [0.05, 0.1) is 6.61 Å². The van der Waals surface area contributed by atoms with E-state index in [0.717, 1.165) is 38.5 Å². The van der Waals surface area contributed by atoms with E-state index < -0.39 is 4.33 Å². The summed E-state index contributed by atoms with van der Waals surface area (Å²) in [5.74, 6) is 2.46. The molecule has 6 rings (SSSR count). The van der Waals surface area contributed by atoms with Crippen LogP contribution in [-0.2, 0) is 19.1 Å². The van der Waals surface area contributed by atoms with Gasteiger partial charge in [-0.3, -0.25) is 9.59 Å². The van der Waals surface area contributed by atoms with Crippen molar-refractivity contribution in [2.24, 2.45) is 62.1 Å². The number of ether oxygens (including phenoxy) is 2. The van der Waals surface area contributed by atoms with E-state index in [4.69, 9.17) is 32.7 Å². The SMILES string of the molecule is CC(=O)OC[C@]12CC[C@@H](C3(C)CC3(Cl)Cl)[C@@H]1[C@H]1CC[C@@H]3[C@@]4(C)CC[C@H](OC(C)=O)C(C)(C)[C@@H]4CC[C@@]3(C)[C@]1(C)CC2. The molecule has 232 valence electrons. The molecule has 6 aliphatic carbocycles. The second-order valence-corrected chi connectivity index (χ2v) is 18.7. The summed E-state index contributed by atoms with van der Waals surface area (Å²) in [5, 5.41) is 0. The van der Waals surface area contributed by atoms with E-state index in [-0.39, 0.29) is 50.5 Å². The maximum absolute atomic E-state index is 12.1. The number of carbonyl (C=O) groups excluding carboxylic acids is 2. The fourth-order valence-electron chi connectivity index (χ4n) is 13.1. The average Bonchev–Trinajstić information content (AvgIpc) is 3.18. The van der Waals surface area contributed by atoms with Gasteiger partial charge in [-0.1, -0.05) is 41.5 Å². The Morgan fingerprint density at radius 2 is 1.37 bits per heavy atom. The van der Waals surface area contributed by atoms with Crippen molar-refractivity contribution >= 4 is 35.1 Å². The number of carbonyl (C=O) groups is 2. The van der Waals surface area contributed by atoms with Crippen LogP contribution in [0.15, 0.2) is 0 Å². The highest BCUT2D eigenvalue weighted by molar-refractivity contribution is 6.51. The molecular formula is C35H54Cl2O4. The highest BCUT2D eigenvalue weighted by atomic mass is 35.5. The van der Waals surface area contributed by atoms with E-state index in [9.17, 15) is 9.59 Å². The molecule has 6 aliphatic rings. The summed E-state index contributed by atoms with van der Waals surface area (Å²) < 4.78 is 11.2. The predicted octanol–water partition coefficient (Wildman–Crippen LogP) is 9.15. The maximum Gasteiger partial charge on any atom is 0.302 e. The molecule has 0 bridgehead atoms. The molecule has 6 saturated carbocycles. The lowest BCUT2D eigenvalue weighted by Crippen LogP contribution is -2.67. The van der Waals surface area contributed by atoms with Gasteiger partial charge < -0.3 is 9.47 Å². The Bertz CT molecular complexity index is 1120. The smallest absolute Gasteiger partial charge is 0.302 e. The quantitative estimate of drug-likeness (QED) is 0.236. The van der Waals surface area contributed by atoms with Crippen molar-refractivity contribution < 1.29 is 19.1 Å². The molecule has 0 aromatic rings. The zero-order chi connectivity index (χ0) is 30.0. The summed E-state index contributed by atoms with van der Waals surface area (Å²) in [5.41, 5.74) is 0.675. The molecule has 6 heteroatoms. The van der Waals surface area contributed by atoms with E-state index >= 15 is 0 Å². The van der Waals surface area contributed by atoms with E-state index in [1.165, 1.54) is 32.1 Å². The van der Waals surface area contributed by atoms with Crippen molar-refractivity contribution in [3.05, 3.63) is 0 Å². The normalized spacial score (nSPS) is 52.7. The Hall–Kier alpha value is -0.480. The molecule has 41 heavy (non-hydrogen) atoms. The standard InChI is InChI=1S/C35H54Cl2O4/c1-21(38)40-20-34-16-11-24(33(8)19-35(33,36)37)28(34)23-9-10-26-30(5)14-13-27(41-22(2)39)29(3,4)25(30)12-15-32(26,7)31(23,6)17-18-34/h23-28H,9-20H2,1-8H3/t23-,24-,25+,26-,27+,28+,30+,31-,32-,33?,34-/m1/s1. The third-order valence-electron chi connectivity index (χ3n) is 15.5. The van der Waals surface area contributed by atoms with Crippen molar-refractivity contribution in [1.82, 2.24) is 0 Å². The van der Waals surface area contributed by atoms with E-state index in [0.29, 0.717) is 36.2 Å². The molecular weight excluding hydrogens is 555 g/mol. The lowest BCUT2D eigenvalue weighted by Gasteiger charge is -2.73. The molecule has 6 fully saturated rings. The van der Waals surface area contributed by atoms with Crippen molar-refractivity contribution in [2.45, 2.75) is 136 Å². The third-order valence-corrected chi connectivity index (χ3v) is 16.7. The summed E-state index contributed by atoms with van der Waals surface area (Å²) in [6.07, 6.45) is 12.5. The maximum atomic E-state index is 12.1. The molecule has 0 N–H and O–H groups in total. The van der Waals surface area contributed by atoms with Crippen LogP contribution in [-0.4, -0.2) is 29.0 Å². The van der Waals surface area contributed by atoms with Crippen LogP contribution in [0, 0.1) is 62.1 Å². The van der Waals surface area contributed by atoms with Crippen LogP contribution in [0.3, 0.4) is 0 Å². The van der Waals surface area contributed by atoms with Gasteiger partial charge in [0.25, 0.3) is 0 Å². The fraction of sp³-hybridized carbons (Fsp3) is 0.943. The molecule has 0 heterocycles. The number of hydrogen-bond acceptors (Lipinski definition) is 4. The number of hydrogen-bond donors (Lipinski definition) is 0. The first kappa shape index (κ1) is 30.5. The van der Waals surface area contributed by atoms with Gasteiger partial charge in [-0.25, -0.2) is 0 Å². The first-order chi connectivity index (χ1) is 18.9. The number of alkyl halides is 2. The minimum absolute atomic E-state index is 0.0100. The highest BCUT2D eigenvalue weighted by Crippen LogP contribution is 2.81. The van der Waals surface area contributed by atoms with Gasteiger partial charge in [0.2, 0.25) is 0 Å². The summed E-state index contributed by atoms with van der Waals surface area (Å²) in [6, 6.07) is 0. The van der Waals surface area contributed by atoms with Gasteiger partial charge in [-0.05, 0) is 116 Å². The molecule has 0 aliphatic heterocycles. The Morgan fingerprint density at radius 1 is 0.707 bits per heavy atom. The first-order valence-corrected chi connectivity index (χ1v) is 17.3. The Morgan fingerprint density at radius 3 is 1.98 bits per heavy atom. The minimum atomic E-state index is -0.637. The summed E-state index contributed by atoms with van der Waals surface area (Å²) in [4.78, 5) is 24.1. The van der Waals surface area contributed by atoms with Crippen LogP contribution in [0.1, 0.15) is 126 Å². The van der Waals surface area contributed by atoms with Crippen molar-refractivity contribution in [1.29, 1.82) is 0 Å². The molecule has 1 unspecified atom stereocenters. The molecule has 0 spiro atoms. The van der Waals surface area contributed by atoms with E-state index in [1.807, 2.05) is 0 Å². The summed E-state index contributed by atoms with van der Waals surface area (Å²) >= 11 is 13.8. The predicted molar refractivity (Wildman–Crippen MR) is 164 cm³/mol. The monoisotopic (exact) mass is 608 g/mol. The van der Waals surface area contributed by atoms with Crippen LogP contribution in [0.25, 0.3) is 0 Å². The van der Waals surface area contributed by atoms with Gasteiger partial charge in [-0.15, -0.1) is 23.2 Å². The first-order valence-electron chi connectivity index (χ1n) is 16.6. The third kappa shape index (κ3) is 4.03. The number of fused-ring (bicyclic) bond motifs is 7. The van der Waals surface area contributed by atoms with Gasteiger partial charge in [0.15, 0.2) is 0 Å². The number of esters is 2. The van der Waals surface area contributed by atoms with Crippen LogP contribution >= 0.6 is 23.2 Å². The zero-order valence-electron chi connectivity index (χ0n) is 26.8. The molecule has 11 atom stereocenters. The molecule has 0 radical (unpaired) electrons. The number of halogens is 2. The lowest BCUT2D eigenvalue weighted by atomic mass is 9.32. The number of rotatable bonds is 4. The van der Waals surface area contributed by atoms with Crippen molar-refractivity contribution in [3.63, 3.8) is 0 Å². The largest absolute Gasteiger partial charge is 0.465 e. The zero-order valence-corrected chi connectivity index (χ0v) is 28.4. The van der Waals surface area contributed by atoms with Crippen LogP contribution < -0.4 is 0 Å². The van der Waals surface area contributed by atoms with Gasteiger partial charge >= 0.3 is 11.9 Å².